The summed E-state index contributed by atoms with van der Waals surface area (Å²) in [5.74, 6) is -3.53. The summed E-state index contributed by atoms with van der Waals surface area (Å²) in [5.41, 5.74) is 5.06. The summed E-state index contributed by atoms with van der Waals surface area (Å²) in [6.45, 7) is -4.70. The summed E-state index contributed by atoms with van der Waals surface area (Å²) >= 11 is 0. The maximum atomic E-state index is 13.0. The largest absolute Gasteiger partial charge is 0.433 e. The molecule has 9 nitrogen and oxygen atoms in total. The number of halogens is 5. The quantitative estimate of drug-likeness (QED) is 0.409. The van der Waals surface area contributed by atoms with E-state index in [0.29, 0.717) is 17.7 Å². The molecule has 0 spiro atoms. The Kier molecular flexibility index (Phi) is 7.37. The second-order valence-electron chi connectivity index (χ2n) is 7.47. The highest BCUT2D eigenvalue weighted by molar-refractivity contribution is 6.10. The fourth-order valence-corrected chi connectivity index (χ4v) is 3.46. The number of nitrogens with zero attached hydrogens (tertiary/aromatic N) is 2. The van der Waals surface area contributed by atoms with Crippen LogP contribution in [0.2, 0.25) is 0 Å². The third-order valence-corrected chi connectivity index (χ3v) is 4.96. The molecule has 0 radical (unpaired) electrons. The maximum Gasteiger partial charge on any atom is 0.401 e. The zero-order valence-corrected chi connectivity index (χ0v) is 17.1. The maximum absolute atomic E-state index is 13.0. The van der Waals surface area contributed by atoms with Crippen LogP contribution in [0.15, 0.2) is 18.2 Å². The normalized spacial score (nSPS) is 17.9. The number of nitrogens with one attached hydrogen (secondary N) is 1. The van der Waals surface area contributed by atoms with Gasteiger partial charge >= 0.3 is 12.8 Å². The number of nitrogens with two attached hydrogens (primary N) is 1. The Morgan fingerprint density at radius 1 is 1.30 bits per heavy atom. The average molecular weight is 480 g/mol. The first kappa shape index (κ1) is 24.6. The summed E-state index contributed by atoms with van der Waals surface area (Å²) in [6.07, 6.45) is -4.02. The average Bonchev–Trinajstić information content (AvgIpc) is 3.53. The van der Waals surface area contributed by atoms with Crippen molar-refractivity contribution in [2.75, 3.05) is 36.5 Å². The van der Waals surface area contributed by atoms with E-state index in [1.54, 1.807) is 0 Å². The van der Waals surface area contributed by atoms with Gasteiger partial charge in [0, 0.05) is 24.3 Å². The third kappa shape index (κ3) is 6.51. The van der Waals surface area contributed by atoms with E-state index in [1.807, 2.05) is 0 Å². The summed E-state index contributed by atoms with van der Waals surface area (Å²) in [4.78, 5) is 38.6. The van der Waals surface area contributed by atoms with Gasteiger partial charge in [0.1, 0.15) is 6.61 Å². The summed E-state index contributed by atoms with van der Waals surface area (Å²) in [6, 6.07) is 0.876. The van der Waals surface area contributed by atoms with Crippen molar-refractivity contribution in [1.29, 1.82) is 0 Å². The van der Waals surface area contributed by atoms with Gasteiger partial charge in [0.15, 0.2) is 11.8 Å². The Morgan fingerprint density at radius 2 is 2.00 bits per heavy atom. The predicted octanol–water partition coefficient (Wildman–Crippen LogP) is 1.47. The Balaban J connectivity index is 1.86. The topological polar surface area (TPSA) is 114 Å². The van der Waals surface area contributed by atoms with Crippen molar-refractivity contribution < 1.29 is 45.8 Å². The minimum Gasteiger partial charge on any atom is -0.433 e. The zero-order chi connectivity index (χ0) is 24.3. The number of hydrogen-bond acceptors (Lipinski definition) is 6. The fraction of sp³-hybridized carbons (Fsp3) is 0.526. The molecule has 1 aliphatic carbocycles. The van der Waals surface area contributed by atoms with Crippen molar-refractivity contribution in [1.82, 2.24) is 4.90 Å². The van der Waals surface area contributed by atoms with E-state index in [-0.39, 0.29) is 31.1 Å². The standard InChI is InChI=1S/C19H21F5N4O5/c20-18(21)33-13-7-11(27-5-6-32-8-14(27)29)3-4-12(13)26-17(31)15(16(25)30)28(10-1-2-10)9-19(22,23)24/h3-4,7,10,15,18H,1-2,5-6,8-9H2,(H2,25,30)(H,26,31)/t15-/m1/s1. The summed E-state index contributed by atoms with van der Waals surface area (Å²) in [5, 5.41) is 2.15. The van der Waals surface area contributed by atoms with Gasteiger partial charge in [-0.05, 0) is 25.0 Å². The lowest BCUT2D eigenvalue weighted by atomic mass is 10.1. The molecule has 14 heteroatoms. The van der Waals surface area contributed by atoms with Crippen LogP contribution in [0, 0.1) is 0 Å². The number of ether oxygens (including phenoxy) is 2. The van der Waals surface area contributed by atoms with Crippen LogP contribution in [-0.4, -0.2) is 73.8 Å². The van der Waals surface area contributed by atoms with E-state index in [4.69, 9.17) is 10.5 Å². The summed E-state index contributed by atoms with van der Waals surface area (Å²) < 4.78 is 74.4. The van der Waals surface area contributed by atoms with Gasteiger partial charge in [0.05, 0.1) is 18.8 Å². The number of carbonyl (C=O) groups is 3. The molecule has 3 amide bonds. The number of primary amides is 1. The van der Waals surface area contributed by atoms with Gasteiger partial charge < -0.3 is 25.4 Å². The molecule has 1 aromatic carbocycles. The molecule has 1 heterocycles. The van der Waals surface area contributed by atoms with E-state index < -0.39 is 54.9 Å². The molecule has 1 saturated heterocycles. The van der Waals surface area contributed by atoms with Crippen molar-refractivity contribution in [2.24, 2.45) is 5.73 Å². The molecule has 1 saturated carbocycles. The van der Waals surface area contributed by atoms with Crippen LogP contribution >= 0.6 is 0 Å². The predicted molar refractivity (Wildman–Crippen MR) is 104 cm³/mol. The first-order valence-electron chi connectivity index (χ1n) is 9.86. The number of hydrogen-bond donors (Lipinski definition) is 2. The van der Waals surface area contributed by atoms with Gasteiger partial charge in [0.25, 0.3) is 11.8 Å². The monoisotopic (exact) mass is 480 g/mol. The molecular weight excluding hydrogens is 459 g/mol. The lowest BCUT2D eigenvalue weighted by Gasteiger charge is -2.30. The molecule has 2 aliphatic rings. The minimum absolute atomic E-state index is 0.149. The van der Waals surface area contributed by atoms with Crippen molar-refractivity contribution in [3.8, 4) is 5.75 Å². The van der Waals surface area contributed by atoms with Crippen LogP contribution in [0.25, 0.3) is 0 Å². The van der Waals surface area contributed by atoms with Gasteiger partial charge in [-0.15, -0.1) is 0 Å². The number of carbonyl (C=O) groups excluding carboxylic acids is 3. The SMILES string of the molecule is NC(=O)[C@H](C(=O)Nc1ccc(N2CCOCC2=O)cc1OC(F)F)N(CC(F)(F)F)C1CC1. The van der Waals surface area contributed by atoms with Crippen molar-refractivity contribution >= 4 is 29.1 Å². The Bertz CT molecular complexity index is 909. The van der Waals surface area contributed by atoms with E-state index in [1.165, 1.54) is 11.0 Å². The summed E-state index contributed by atoms with van der Waals surface area (Å²) in [7, 11) is 0. The molecule has 2 fully saturated rings. The number of anilines is 2. The van der Waals surface area contributed by atoms with E-state index in [0.717, 1.165) is 12.1 Å². The van der Waals surface area contributed by atoms with Gasteiger partial charge in [-0.2, -0.15) is 22.0 Å². The first-order chi connectivity index (χ1) is 15.5. The van der Waals surface area contributed by atoms with Gasteiger partial charge in [-0.1, -0.05) is 0 Å². The molecule has 33 heavy (non-hydrogen) atoms. The van der Waals surface area contributed by atoms with Gasteiger partial charge in [-0.3, -0.25) is 19.3 Å². The molecule has 1 aromatic rings. The molecule has 0 aromatic heterocycles. The molecule has 182 valence electrons. The zero-order valence-electron chi connectivity index (χ0n) is 17.1. The highest BCUT2D eigenvalue weighted by atomic mass is 19.4. The molecule has 0 bridgehead atoms. The Morgan fingerprint density at radius 3 is 2.55 bits per heavy atom. The minimum atomic E-state index is -4.70. The number of morpholine rings is 1. The molecule has 3 rings (SSSR count). The van der Waals surface area contributed by atoms with Crippen molar-refractivity contribution in [3.63, 3.8) is 0 Å². The van der Waals surface area contributed by atoms with Crippen LogP contribution in [-0.2, 0) is 19.1 Å². The number of benzene rings is 1. The second-order valence-corrected chi connectivity index (χ2v) is 7.47. The smallest absolute Gasteiger partial charge is 0.401 e. The highest BCUT2D eigenvalue weighted by Gasteiger charge is 2.46. The first-order valence-corrected chi connectivity index (χ1v) is 9.86. The van der Waals surface area contributed by atoms with Crippen LogP contribution in [0.4, 0.5) is 33.3 Å². The van der Waals surface area contributed by atoms with Crippen molar-refractivity contribution in [3.05, 3.63) is 18.2 Å². The lowest BCUT2D eigenvalue weighted by molar-refractivity contribution is -0.158. The Labute approximate surface area is 184 Å². The third-order valence-electron chi connectivity index (χ3n) is 4.96. The molecule has 1 aliphatic heterocycles. The molecular formula is C19H21F5N4O5. The van der Waals surface area contributed by atoms with Crippen LogP contribution in [0.3, 0.4) is 0 Å². The number of rotatable bonds is 9. The Hall–Kier alpha value is -3.00. The van der Waals surface area contributed by atoms with Crippen molar-refractivity contribution in [2.45, 2.75) is 37.7 Å². The lowest BCUT2D eigenvalue weighted by Crippen LogP contribution is -2.55. The van der Waals surface area contributed by atoms with Crippen LogP contribution in [0.1, 0.15) is 12.8 Å². The van der Waals surface area contributed by atoms with E-state index in [2.05, 4.69) is 10.1 Å². The van der Waals surface area contributed by atoms with E-state index in [9.17, 15) is 36.3 Å². The highest BCUT2D eigenvalue weighted by Crippen LogP contribution is 2.34. The molecule has 3 N–H and O–H groups in total. The van der Waals surface area contributed by atoms with Crippen LogP contribution < -0.4 is 20.7 Å². The number of alkyl halides is 5. The second kappa shape index (κ2) is 9.87. The fourth-order valence-electron chi connectivity index (χ4n) is 3.46. The molecule has 1 atom stereocenters. The van der Waals surface area contributed by atoms with Crippen LogP contribution in [0.5, 0.6) is 5.75 Å². The van der Waals surface area contributed by atoms with Gasteiger partial charge in [0.2, 0.25) is 5.91 Å². The van der Waals surface area contributed by atoms with E-state index >= 15 is 0 Å². The van der Waals surface area contributed by atoms with Gasteiger partial charge in [-0.25, -0.2) is 0 Å². The number of amides is 3. The molecule has 0 unspecified atom stereocenters.